The highest BCUT2D eigenvalue weighted by Gasteiger charge is 2.14. The lowest BCUT2D eigenvalue weighted by molar-refractivity contribution is 0.461. The molecule has 5 heteroatoms. The lowest BCUT2D eigenvalue weighted by Gasteiger charge is -2.23. The third kappa shape index (κ3) is 4.16. The molecular weight excluding hydrogens is 274 g/mol. The van der Waals surface area contributed by atoms with E-state index in [9.17, 15) is 0 Å². The Bertz CT molecular complexity index is 593. The van der Waals surface area contributed by atoms with Crippen molar-refractivity contribution in [1.29, 1.82) is 0 Å². The first kappa shape index (κ1) is 14.8. The fraction of sp³-hybridized carbons (Fsp3) is 0.471. The van der Waals surface area contributed by atoms with Gasteiger partial charge in [-0.05, 0) is 37.5 Å². The van der Waals surface area contributed by atoms with Crippen LogP contribution in [0.2, 0.25) is 0 Å². The van der Waals surface area contributed by atoms with Crippen LogP contribution in [-0.2, 0) is 6.54 Å². The number of hydrogen-bond acceptors (Lipinski definition) is 5. The van der Waals surface area contributed by atoms with Crippen LogP contribution in [0.15, 0.2) is 30.6 Å². The summed E-state index contributed by atoms with van der Waals surface area (Å²) in [5.74, 6) is 1.60. The molecule has 0 saturated heterocycles. The van der Waals surface area contributed by atoms with Crippen molar-refractivity contribution in [3.8, 4) is 0 Å². The molecule has 0 spiro atoms. The van der Waals surface area contributed by atoms with Gasteiger partial charge in [0.15, 0.2) is 0 Å². The summed E-state index contributed by atoms with van der Waals surface area (Å²) in [6, 6.07) is 6.50. The van der Waals surface area contributed by atoms with Crippen molar-refractivity contribution in [1.82, 2.24) is 15.0 Å². The molecular formula is C17H23N5. The molecule has 0 amide bonds. The molecule has 2 aromatic heterocycles. The standard InChI is InChI=1S/C17H23N5/c1-13-11-16(19-12-14-7-9-18-10-8-14)22-17(20-13)21-15-5-3-2-4-6-15/h7-11,15H,2-6,12H2,1H3,(H2,19,20,21,22). The molecule has 116 valence electrons. The minimum Gasteiger partial charge on any atom is -0.366 e. The van der Waals surface area contributed by atoms with Gasteiger partial charge in [0.2, 0.25) is 5.95 Å². The monoisotopic (exact) mass is 297 g/mol. The Labute approximate surface area is 131 Å². The molecule has 3 rings (SSSR count). The predicted molar refractivity (Wildman–Crippen MR) is 88.8 cm³/mol. The van der Waals surface area contributed by atoms with E-state index in [1.54, 1.807) is 12.4 Å². The number of anilines is 2. The van der Waals surface area contributed by atoms with Gasteiger partial charge in [0.25, 0.3) is 0 Å². The van der Waals surface area contributed by atoms with Crippen LogP contribution < -0.4 is 10.6 Å². The Morgan fingerprint density at radius 1 is 1.09 bits per heavy atom. The van der Waals surface area contributed by atoms with E-state index in [4.69, 9.17) is 0 Å². The molecule has 0 unspecified atom stereocenters. The molecule has 2 N–H and O–H groups in total. The van der Waals surface area contributed by atoms with Gasteiger partial charge in [0.1, 0.15) is 5.82 Å². The van der Waals surface area contributed by atoms with E-state index in [1.807, 2.05) is 25.1 Å². The van der Waals surface area contributed by atoms with Crippen molar-refractivity contribution >= 4 is 11.8 Å². The average molecular weight is 297 g/mol. The van der Waals surface area contributed by atoms with Gasteiger partial charge in [-0.25, -0.2) is 4.98 Å². The Morgan fingerprint density at radius 2 is 1.86 bits per heavy atom. The number of nitrogens with one attached hydrogen (secondary N) is 2. The second-order valence-corrected chi connectivity index (χ2v) is 5.91. The summed E-state index contributed by atoms with van der Waals surface area (Å²) < 4.78 is 0. The molecule has 0 aliphatic heterocycles. The van der Waals surface area contributed by atoms with E-state index >= 15 is 0 Å². The third-order valence-corrected chi connectivity index (χ3v) is 4.02. The molecule has 1 saturated carbocycles. The molecule has 2 aromatic rings. The minimum atomic E-state index is 0.517. The van der Waals surface area contributed by atoms with Crippen molar-refractivity contribution in [3.63, 3.8) is 0 Å². The number of rotatable bonds is 5. The highest BCUT2D eigenvalue weighted by atomic mass is 15.2. The lowest BCUT2D eigenvalue weighted by Crippen LogP contribution is -2.23. The van der Waals surface area contributed by atoms with Gasteiger partial charge in [-0.2, -0.15) is 4.98 Å². The van der Waals surface area contributed by atoms with Crippen molar-refractivity contribution in [3.05, 3.63) is 41.9 Å². The largest absolute Gasteiger partial charge is 0.366 e. The van der Waals surface area contributed by atoms with E-state index in [1.165, 1.54) is 37.7 Å². The predicted octanol–water partition coefficient (Wildman–Crippen LogP) is 3.54. The zero-order chi connectivity index (χ0) is 15.2. The van der Waals surface area contributed by atoms with E-state index in [-0.39, 0.29) is 0 Å². The van der Waals surface area contributed by atoms with E-state index in [0.717, 1.165) is 24.0 Å². The summed E-state index contributed by atoms with van der Waals surface area (Å²) in [6.45, 7) is 2.74. The first-order valence-electron chi connectivity index (χ1n) is 8.04. The number of pyridine rings is 1. The van der Waals surface area contributed by atoms with Crippen molar-refractivity contribution in [2.75, 3.05) is 10.6 Å². The van der Waals surface area contributed by atoms with Crippen LogP contribution in [0, 0.1) is 6.92 Å². The summed E-state index contributed by atoms with van der Waals surface area (Å²) in [5.41, 5.74) is 2.17. The van der Waals surface area contributed by atoms with Crippen LogP contribution in [0.25, 0.3) is 0 Å². The zero-order valence-electron chi connectivity index (χ0n) is 13.0. The summed E-state index contributed by atoms with van der Waals surface area (Å²) >= 11 is 0. The van der Waals surface area contributed by atoms with Crippen LogP contribution in [-0.4, -0.2) is 21.0 Å². The summed E-state index contributed by atoms with van der Waals surface area (Å²) in [4.78, 5) is 13.1. The molecule has 0 aromatic carbocycles. The summed E-state index contributed by atoms with van der Waals surface area (Å²) in [7, 11) is 0. The van der Waals surface area contributed by atoms with Crippen molar-refractivity contribution in [2.24, 2.45) is 0 Å². The number of aromatic nitrogens is 3. The maximum atomic E-state index is 4.59. The second kappa shape index (κ2) is 7.20. The van der Waals surface area contributed by atoms with Crippen LogP contribution in [0.1, 0.15) is 43.4 Å². The second-order valence-electron chi connectivity index (χ2n) is 5.91. The maximum Gasteiger partial charge on any atom is 0.225 e. The minimum absolute atomic E-state index is 0.517. The topological polar surface area (TPSA) is 62.7 Å². The molecule has 0 bridgehead atoms. The van der Waals surface area contributed by atoms with Crippen LogP contribution >= 0.6 is 0 Å². The Hall–Kier alpha value is -2.17. The van der Waals surface area contributed by atoms with Crippen LogP contribution in [0.3, 0.4) is 0 Å². The molecule has 1 fully saturated rings. The number of hydrogen-bond donors (Lipinski definition) is 2. The molecule has 2 heterocycles. The molecule has 0 atom stereocenters. The summed E-state index contributed by atoms with van der Waals surface area (Å²) in [5, 5.41) is 6.85. The fourth-order valence-corrected chi connectivity index (χ4v) is 2.85. The number of aryl methyl sites for hydroxylation is 1. The summed E-state index contributed by atoms with van der Waals surface area (Å²) in [6.07, 6.45) is 10.0. The smallest absolute Gasteiger partial charge is 0.225 e. The van der Waals surface area contributed by atoms with Gasteiger partial charge < -0.3 is 10.6 Å². The highest BCUT2D eigenvalue weighted by Crippen LogP contribution is 2.21. The van der Waals surface area contributed by atoms with Gasteiger partial charge in [-0.3, -0.25) is 4.98 Å². The Morgan fingerprint density at radius 3 is 2.64 bits per heavy atom. The first-order valence-corrected chi connectivity index (χ1v) is 8.04. The van der Waals surface area contributed by atoms with Crippen molar-refractivity contribution in [2.45, 2.75) is 51.6 Å². The average Bonchev–Trinajstić information content (AvgIpc) is 2.54. The quantitative estimate of drug-likeness (QED) is 0.884. The molecule has 1 aliphatic rings. The Kier molecular flexibility index (Phi) is 4.83. The third-order valence-electron chi connectivity index (χ3n) is 4.02. The molecule has 22 heavy (non-hydrogen) atoms. The van der Waals surface area contributed by atoms with Gasteiger partial charge in [0, 0.05) is 36.7 Å². The van der Waals surface area contributed by atoms with Gasteiger partial charge >= 0.3 is 0 Å². The van der Waals surface area contributed by atoms with Gasteiger partial charge in [-0.1, -0.05) is 19.3 Å². The molecule has 1 aliphatic carbocycles. The number of nitrogens with zero attached hydrogens (tertiary/aromatic N) is 3. The maximum absolute atomic E-state index is 4.59. The van der Waals surface area contributed by atoms with Gasteiger partial charge in [0.05, 0.1) is 0 Å². The normalized spacial score (nSPS) is 15.5. The molecule has 0 radical (unpaired) electrons. The Balaban J connectivity index is 1.64. The van der Waals surface area contributed by atoms with E-state index in [0.29, 0.717) is 6.04 Å². The SMILES string of the molecule is Cc1cc(NCc2ccncc2)nc(NC2CCCCC2)n1. The van der Waals surface area contributed by atoms with Crippen LogP contribution in [0.4, 0.5) is 11.8 Å². The molecule has 5 nitrogen and oxygen atoms in total. The van der Waals surface area contributed by atoms with Crippen LogP contribution in [0.5, 0.6) is 0 Å². The van der Waals surface area contributed by atoms with Crippen molar-refractivity contribution < 1.29 is 0 Å². The van der Waals surface area contributed by atoms with E-state index < -0.39 is 0 Å². The first-order chi connectivity index (χ1) is 10.8. The lowest BCUT2D eigenvalue weighted by atomic mass is 9.96. The van der Waals surface area contributed by atoms with Gasteiger partial charge in [-0.15, -0.1) is 0 Å². The highest BCUT2D eigenvalue weighted by molar-refractivity contribution is 5.43. The van der Waals surface area contributed by atoms with E-state index in [2.05, 4.69) is 25.6 Å². The fourth-order valence-electron chi connectivity index (χ4n) is 2.85. The zero-order valence-corrected chi connectivity index (χ0v) is 13.0.